The van der Waals surface area contributed by atoms with Gasteiger partial charge in [-0.3, -0.25) is 9.78 Å². The van der Waals surface area contributed by atoms with Gasteiger partial charge in [-0.2, -0.15) is 0 Å². The fourth-order valence-corrected chi connectivity index (χ4v) is 3.63. The smallest absolute Gasteiger partial charge is 0.204 e. The Labute approximate surface area is 104 Å². The molecular formula is C12H6FNOS2. The molecule has 0 bridgehead atoms. The van der Waals surface area contributed by atoms with Gasteiger partial charge in [0.15, 0.2) is 0 Å². The van der Waals surface area contributed by atoms with Crippen molar-refractivity contribution in [2.24, 2.45) is 0 Å². The molecule has 0 saturated carbocycles. The first-order valence-corrected chi connectivity index (χ1v) is 6.56. The Morgan fingerprint density at radius 3 is 2.88 bits per heavy atom. The fourth-order valence-electron chi connectivity index (χ4n) is 1.56. The fraction of sp³-hybridized carbons (Fsp3) is 0. The maximum absolute atomic E-state index is 13.0. The highest BCUT2D eigenvalue weighted by Crippen LogP contribution is 2.31. The van der Waals surface area contributed by atoms with Gasteiger partial charge in [0.05, 0.1) is 11.1 Å². The standard InChI is InChI=1S/C12H6FNOS2/c13-8-3-7(5-14-6-8)12(15)11-4-10-9(17-11)1-2-16-10/h1-6H. The van der Waals surface area contributed by atoms with Gasteiger partial charge in [0, 0.05) is 21.2 Å². The average molecular weight is 263 g/mol. The molecular weight excluding hydrogens is 257 g/mol. The van der Waals surface area contributed by atoms with Crippen molar-refractivity contribution >= 4 is 37.9 Å². The first-order valence-electron chi connectivity index (χ1n) is 4.86. The van der Waals surface area contributed by atoms with Crippen LogP contribution in [0.15, 0.2) is 36.0 Å². The van der Waals surface area contributed by atoms with Crippen LogP contribution in [0.1, 0.15) is 15.2 Å². The minimum atomic E-state index is -0.491. The second kappa shape index (κ2) is 4.01. The topological polar surface area (TPSA) is 30.0 Å². The first-order chi connectivity index (χ1) is 8.24. The third kappa shape index (κ3) is 1.87. The molecule has 0 radical (unpaired) electrons. The van der Waals surface area contributed by atoms with Crippen LogP contribution < -0.4 is 0 Å². The molecule has 0 aliphatic carbocycles. The van der Waals surface area contributed by atoms with Gasteiger partial charge in [-0.1, -0.05) is 0 Å². The van der Waals surface area contributed by atoms with Gasteiger partial charge in [-0.05, 0) is 23.6 Å². The lowest BCUT2D eigenvalue weighted by molar-refractivity contribution is 0.104. The summed E-state index contributed by atoms with van der Waals surface area (Å²) in [4.78, 5) is 16.4. The van der Waals surface area contributed by atoms with Crippen molar-refractivity contribution in [1.82, 2.24) is 4.98 Å². The van der Waals surface area contributed by atoms with Crippen molar-refractivity contribution in [1.29, 1.82) is 0 Å². The number of carbonyl (C=O) groups excluding carboxylic acids is 1. The highest BCUT2D eigenvalue weighted by atomic mass is 32.1. The maximum Gasteiger partial charge on any atom is 0.204 e. The summed E-state index contributed by atoms with van der Waals surface area (Å²) in [6, 6.07) is 5.03. The van der Waals surface area contributed by atoms with Gasteiger partial charge in [0.2, 0.25) is 5.78 Å². The number of aromatic nitrogens is 1. The van der Waals surface area contributed by atoms with Gasteiger partial charge < -0.3 is 0 Å². The Hall–Kier alpha value is -1.59. The molecule has 0 unspecified atom stereocenters. The molecule has 3 aromatic rings. The number of halogens is 1. The zero-order chi connectivity index (χ0) is 11.8. The Balaban J connectivity index is 2.04. The molecule has 17 heavy (non-hydrogen) atoms. The van der Waals surface area contributed by atoms with E-state index in [1.165, 1.54) is 23.6 Å². The van der Waals surface area contributed by atoms with Crippen molar-refractivity contribution in [3.8, 4) is 0 Å². The molecule has 0 saturated heterocycles. The molecule has 3 aromatic heterocycles. The van der Waals surface area contributed by atoms with E-state index in [1.807, 2.05) is 17.5 Å². The second-order valence-electron chi connectivity index (χ2n) is 3.48. The monoisotopic (exact) mass is 263 g/mol. The number of hydrogen-bond acceptors (Lipinski definition) is 4. The highest BCUT2D eigenvalue weighted by molar-refractivity contribution is 7.28. The summed E-state index contributed by atoms with van der Waals surface area (Å²) in [5.74, 6) is -0.667. The van der Waals surface area contributed by atoms with Crippen molar-refractivity contribution in [2.75, 3.05) is 0 Å². The lowest BCUT2D eigenvalue weighted by Gasteiger charge is -1.96. The van der Waals surface area contributed by atoms with Crippen LogP contribution in [0.2, 0.25) is 0 Å². The van der Waals surface area contributed by atoms with Gasteiger partial charge in [-0.15, -0.1) is 22.7 Å². The quantitative estimate of drug-likeness (QED) is 0.659. The van der Waals surface area contributed by atoms with E-state index in [4.69, 9.17) is 0 Å². The van der Waals surface area contributed by atoms with Gasteiger partial charge in [0.1, 0.15) is 5.82 Å². The molecule has 2 nitrogen and oxygen atoms in total. The Kier molecular flexibility index (Phi) is 2.49. The molecule has 0 aliphatic heterocycles. The molecule has 0 N–H and O–H groups in total. The van der Waals surface area contributed by atoms with E-state index in [-0.39, 0.29) is 5.78 Å². The van der Waals surface area contributed by atoms with E-state index >= 15 is 0 Å². The van der Waals surface area contributed by atoms with Crippen LogP contribution in [0, 0.1) is 5.82 Å². The van der Waals surface area contributed by atoms with Gasteiger partial charge in [0.25, 0.3) is 0 Å². The molecule has 0 amide bonds. The van der Waals surface area contributed by atoms with E-state index in [0.717, 1.165) is 15.6 Å². The molecule has 5 heteroatoms. The summed E-state index contributed by atoms with van der Waals surface area (Å²) in [5, 5.41) is 1.99. The van der Waals surface area contributed by atoms with Crippen LogP contribution in [-0.4, -0.2) is 10.8 Å². The van der Waals surface area contributed by atoms with Crippen molar-refractivity contribution in [2.45, 2.75) is 0 Å². The Morgan fingerprint density at radius 2 is 2.12 bits per heavy atom. The molecule has 0 aromatic carbocycles. The lowest BCUT2D eigenvalue weighted by Crippen LogP contribution is -1.99. The number of thiophene rings is 2. The van der Waals surface area contributed by atoms with Crippen LogP contribution in [0.3, 0.4) is 0 Å². The zero-order valence-electron chi connectivity index (χ0n) is 8.51. The molecule has 0 aliphatic rings. The van der Waals surface area contributed by atoms with E-state index in [2.05, 4.69) is 4.98 Å². The number of carbonyl (C=O) groups is 1. The van der Waals surface area contributed by atoms with Gasteiger partial charge >= 0.3 is 0 Å². The van der Waals surface area contributed by atoms with Crippen LogP contribution in [0.25, 0.3) is 9.40 Å². The van der Waals surface area contributed by atoms with Crippen LogP contribution in [0.4, 0.5) is 4.39 Å². The summed E-state index contributed by atoms with van der Waals surface area (Å²) >= 11 is 3.02. The van der Waals surface area contributed by atoms with Crippen LogP contribution in [0.5, 0.6) is 0 Å². The number of nitrogens with zero attached hydrogens (tertiary/aromatic N) is 1. The third-order valence-electron chi connectivity index (χ3n) is 2.33. The summed E-state index contributed by atoms with van der Waals surface area (Å²) < 4.78 is 15.2. The number of fused-ring (bicyclic) bond motifs is 1. The third-order valence-corrected chi connectivity index (χ3v) is 4.42. The van der Waals surface area contributed by atoms with E-state index in [1.54, 1.807) is 11.3 Å². The number of pyridine rings is 1. The summed E-state index contributed by atoms with van der Waals surface area (Å²) in [5.41, 5.74) is 0.291. The SMILES string of the molecule is O=C(c1cncc(F)c1)c1cc2sccc2s1. The zero-order valence-corrected chi connectivity index (χ0v) is 10.1. The summed E-state index contributed by atoms with van der Waals surface area (Å²) in [7, 11) is 0. The number of ketones is 1. The highest BCUT2D eigenvalue weighted by Gasteiger charge is 2.14. The van der Waals surface area contributed by atoms with E-state index < -0.39 is 5.82 Å². The lowest BCUT2D eigenvalue weighted by atomic mass is 10.1. The molecule has 0 fully saturated rings. The van der Waals surface area contributed by atoms with Gasteiger partial charge in [-0.25, -0.2) is 4.39 Å². The largest absolute Gasteiger partial charge is 0.288 e. The molecule has 3 heterocycles. The average Bonchev–Trinajstić information content (AvgIpc) is 2.88. The molecule has 0 spiro atoms. The van der Waals surface area contributed by atoms with E-state index in [0.29, 0.717) is 10.4 Å². The van der Waals surface area contributed by atoms with Crippen molar-refractivity contribution in [3.63, 3.8) is 0 Å². The molecule has 0 atom stereocenters. The normalized spacial score (nSPS) is 10.9. The van der Waals surface area contributed by atoms with E-state index in [9.17, 15) is 9.18 Å². The summed E-state index contributed by atoms with van der Waals surface area (Å²) in [6.45, 7) is 0. The molecule has 3 rings (SSSR count). The number of hydrogen-bond donors (Lipinski definition) is 0. The summed E-state index contributed by atoms with van der Waals surface area (Å²) in [6.07, 6.45) is 2.48. The minimum Gasteiger partial charge on any atom is -0.288 e. The number of rotatable bonds is 2. The van der Waals surface area contributed by atoms with Crippen molar-refractivity contribution in [3.05, 3.63) is 52.2 Å². The molecule has 84 valence electrons. The second-order valence-corrected chi connectivity index (χ2v) is 5.51. The Bertz CT molecular complexity index is 673. The minimum absolute atomic E-state index is 0.176. The maximum atomic E-state index is 13.0. The predicted octanol–water partition coefficient (Wildman–Crippen LogP) is 3.73. The van der Waals surface area contributed by atoms with Crippen LogP contribution in [-0.2, 0) is 0 Å². The van der Waals surface area contributed by atoms with Crippen LogP contribution >= 0.6 is 22.7 Å². The van der Waals surface area contributed by atoms with Crippen molar-refractivity contribution < 1.29 is 9.18 Å². The first kappa shape index (κ1) is 10.6. The Morgan fingerprint density at radius 1 is 1.24 bits per heavy atom. The predicted molar refractivity (Wildman–Crippen MR) is 67.3 cm³/mol.